The molecule has 3 rings (SSSR count). The summed E-state index contributed by atoms with van der Waals surface area (Å²) < 4.78 is 11.7. The van der Waals surface area contributed by atoms with Crippen LogP contribution in [0.15, 0.2) is 24.3 Å². The molecule has 5 nitrogen and oxygen atoms in total. The number of nitrogens with zero attached hydrogens (tertiary/aromatic N) is 1. The molecule has 1 fully saturated rings. The van der Waals surface area contributed by atoms with Crippen molar-refractivity contribution in [3.63, 3.8) is 0 Å². The van der Waals surface area contributed by atoms with Crippen LogP contribution in [0.3, 0.4) is 0 Å². The lowest BCUT2D eigenvalue weighted by Crippen LogP contribution is -2.52. The average molecular weight is 341 g/mol. The number of fused-ring (bicyclic) bond motifs is 1. The predicted octanol–water partition coefficient (Wildman–Crippen LogP) is 2.09. The van der Waals surface area contributed by atoms with Crippen molar-refractivity contribution in [3.05, 3.63) is 24.3 Å². The first kappa shape index (κ1) is 17.9. The topological polar surface area (TPSA) is 50.8 Å². The van der Waals surface area contributed by atoms with Gasteiger partial charge in [0.15, 0.2) is 11.5 Å². The normalized spacial score (nSPS) is 24.0. The highest BCUT2D eigenvalue weighted by atomic mass is 35.5. The van der Waals surface area contributed by atoms with Gasteiger partial charge >= 0.3 is 0 Å². The minimum Gasteiger partial charge on any atom is -0.482 e. The van der Waals surface area contributed by atoms with Crippen LogP contribution >= 0.6 is 12.4 Å². The largest absolute Gasteiger partial charge is 0.482 e. The number of hydrogen-bond donors (Lipinski definition) is 1. The Morgan fingerprint density at radius 2 is 1.83 bits per heavy atom. The third-order valence-corrected chi connectivity index (χ3v) is 4.50. The first-order valence-corrected chi connectivity index (χ1v) is 8.04. The van der Waals surface area contributed by atoms with Crippen molar-refractivity contribution >= 4 is 18.3 Å². The van der Waals surface area contributed by atoms with Gasteiger partial charge < -0.3 is 19.7 Å². The van der Waals surface area contributed by atoms with Crippen molar-refractivity contribution in [2.75, 3.05) is 26.7 Å². The molecule has 6 heteroatoms. The highest BCUT2D eigenvalue weighted by molar-refractivity contribution is 5.85. The first-order valence-electron chi connectivity index (χ1n) is 8.04. The molecule has 0 aromatic heterocycles. The fraction of sp³-hybridized carbons (Fsp3) is 0.588. The number of carbonyl (C=O) groups excluding carboxylic acids is 1. The van der Waals surface area contributed by atoms with Gasteiger partial charge in [0.1, 0.15) is 6.10 Å². The Kier molecular flexibility index (Phi) is 6.13. The second-order valence-corrected chi connectivity index (χ2v) is 6.13. The molecule has 0 aliphatic carbocycles. The zero-order valence-corrected chi connectivity index (χ0v) is 14.5. The lowest BCUT2D eigenvalue weighted by atomic mass is 9.96. The van der Waals surface area contributed by atoms with Crippen LogP contribution in [-0.4, -0.2) is 49.7 Å². The summed E-state index contributed by atoms with van der Waals surface area (Å²) in [4.78, 5) is 14.7. The van der Waals surface area contributed by atoms with Gasteiger partial charge in [0.2, 0.25) is 6.10 Å². The maximum absolute atomic E-state index is 12.7. The van der Waals surface area contributed by atoms with Crippen LogP contribution < -0.4 is 14.8 Å². The van der Waals surface area contributed by atoms with Crippen LogP contribution in [0.2, 0.25) is 0 Å². The third kappa shape index (κ3) is 3.90. The molecule has 1 aromatic rings. The number of rotatable bonds is 3. The number of benzene rings is 1. The van der Waals surface area contributed by atoms with Crippen LogP contribution in [0.5, 0.6) is 11.5 Å². The standard InChI is InChI=1S/C17H24N2O3.ClH/c1-12-16(22-15-6-4-3-5-14(15)21-12)17(20)19-9-7-13(8-10-19)11-18-2;/h3-6,12-13,16,18H,7-11H2,1-2H3;1H. The second kappa shape index (κ2) is 7.88. The van der Waals surface area contributed by atoms with Crippen LogP contribution in [0.25, 0.3) is 0 Å². The van der Waals surface area contributed by atoms with Crippen LogP contribution in [0.1, 0.15) is 19.8 Å². The predicted molar refractivity (Wildman–Crippen MR) is 91.4 cm³/mol. The van der Waals surface area contributed by atoms with Crippen LogP contribution in [0.4, 0.5) is 0 Å². The molecular weight excluding hydrogens is 316 g/mol. The van der Waals surface area contributed by atoms with E-state index in [0.29, 0.717) is 17.4 Å². The van der Waals surface area contributed by atoms with Crippen molar-refractivity contribution in [1.82, 2.24) is 10.2 Å². The van der Waals surface area contributed by atoms with Gasteiger partial charge in [-0.05, 0) is 51.4 Å². The number of amides is 1. The lowest BCUT2D eigenvalue weighted by Gasteiger charge is -2.37. The van der Waals surface area contributed by atoms with Crippen molar-refractivity contribution in [1.29, 1.82) is 0 Å². The number of carbonyl (C=O) groups is 1. The van der Waals surface area contributed by atoms with Crippen molar-refractivity contribution < 1.29 is 14.3 Å². The van der Waals surface area contributed by atoms with Gasteiger partial charge in [-0.1, -0.05) is 12.1 Å². The van der Waals surface area contributed by atoms with E-state index in [1.165, 1.54) is 0 Å². The zero-order valence-electron chi connectivity index (χ0n) is 13.7. The summed E-state index contributed by atoms with van der Waals surface area (Å²) in [5, 5.41) is 3.21. The van der Waals surface area contributed by atoms with Gasteiger partial charge in [-0.15, -0.1) is 12.4 Å². The van der Waals surface area contributed by atoms with E-state index in [1.54, 1.807) is 0 Å². The Labute approximate surface area is 143 Å². The smallest absolute Gasteiger partial charge is 0.267 e. The van der Waals surface area contributed by atoms with E-state index >= 15 is 0 Å². The van der Waals surface area contributed by atoms with Gasteiger partial charge in [0, 0.05) is 13.1 Å². The molecule has 2 unspecified atom stereocenters. The summed E-state index contributed by atoms with van der Waals surface area (Å²) in [5.74, 6) is 2.08. The molecule has 1 N–H and O–H groups in total. The second-order valence-electron chi connectivity index (χ2n) is 6.13. The molecule has 2 aliphatic rings. The number of nitrogens with one attached hydrogen (secondary N) is 1. The summed E-state index contributed by atoms with van der Waals surface area (Å²) in [5.41, 5.74) is 0. The molecule has 0 bridgehead atoms. The van der Waals surface area contributed by atoms with Crippen LogP contribution in [-0.2, 0) is 4.79 Å². The SMILES string of the molecule is CNCC1CCN(C(=O)C2Oc3ccccc3OC2C)CC1.Cl. The number of para-hydroxylation sites is 2. The highest BCUT2D eigenvalue weighted by Gasteiger charge is 2.37. The summed E-state index contributed by atoms with van der Waals surface area (Å²) in [7, 11) is 1.98. The molecule has 1 aromatic carbocycles. The van der Waals surface area contributed by atoms with E-state index < -0.39 is 6.10 Å². The molecule has 128 valence electrons. The average Bonchev–Trinajstić information content (AvgIpc) is 2.54. The summed E-state index contributed by atoms with van der Waals surface area (Å²) in [6.07, 6.45) is 1.28. The third-order valence-electron chi connectivity index (χ3n) is 4.50. The van der Waals surface area contributed by atoms with E-state index in [0.717, 1.165) is 32.5 Å². The van der Waals surface area contributed by atoms with E-state index in [9.17, 15) is 4.79 Å². The fourth-order valence-corrected chi connectivity index (χ4v) is 3.22. The number of hydrogen-bond acceptors (Lipinski definition) is 4. The Morgan fingerprint density at radius 3 is 2.43 bits per heavy atom. The lowest BCUT2D eigenvalue weighted by molar-refractivity contribution is -0.145. The number of piperidine rings is 1. The quantitative estimate of drug-likeness (QED) is 0.915. The van der Waals surface area contributed by atoms with Gasteiger partial charge in [-0.2, -0.15) is 0 Å². The fourth-order valence-electron chi connectivity index (χ4n) is 3.22. The van der Waals surface area contributed by atoms with Gasteiger partial charge in [-0.25, -0.2) is 0 Å². The Balaban J connectivity index is 0.00000192. The first-order chi connectivity index (χ1) is 10.7. The van der Waals surface area contributed by atoms with E-state index in [-0.39, 0.29) is 24.4 Å². The number of likely N-dealkylation sites (tertiary alicyclic amines) is 1. The minimum atomic E-state index is -0.546. The van der Waals surface area contributed by atoms with E-state index in [4.69, 9.17) is 9.47 Å². The van der Waals surface area contributed by atoms with Gasteiger partial charge in [0.05, 0.1) is 0 Å². The van der Waals surface area contributed by atoms with Crippen molar-refractivity contribution in [2.45, 2.75) is 32.0 Å². The highest BCUT2D eigenvalue weighted by Crippen LogP contribution is 2.34. The maximum atomic E-state index is 12.7. The monoisotopic (exact) mass is 340 g/mol. The van der Waals surface area contributed by atoms with E-state index in [1.807, 2.05) is 43.1 Å². The molecule has 2 aliphatic heterocycles. The van der Waals surface area contributed by atoms with Gasteiger partial charge in [-0.3, -0.25) is 4.79 Å². The molecule has 2 heterocycles. The van der Waals surface area contributed by atoms with Gasteiger partial charge in [0.25, 0.3) is 5.91 Å². The number of ether oxygens (including phenoxy) is 2. The molecule has 2 atom stereocenters. The molecule has 1 amide bonds. The van der Waals surface area contributed by atoms with Crippen molar-refractivity contribution in [2.24, 2.45) is 5.92 Å². The zero-order chi connectivity index (χ0) is 15.5. The molecular formula is C17H25ClN2O3. The van der Waals surface area contributed by atoms with Crippen molar-refractivity contribution in [3.8, 4) is 11.5 Å². The summed E-state index contributed by atoms with van der Waals surface area (Å²) in [6, 6.07) is 7.52. The Morgan fingerprint density at radius 1 is 1.22 bits per heavy atom. The number of halogens is 1. The molecule has 23 heavy (non-hydrogen) atoms. The summed E-state index contributed by atoms with van der Waals surface area (Å²) in [6.45, 7) is 4.53. The minimum absolute atomic E-state index is 0. The Bertz CT molecular complexity index is 532. The molecule has 1 saturated heterocycles. The molecule has 0 saturated carbocycles. The Hall–Kier alpha value is -1.46. The van der Waals surface area contributed by atoms with Crippen LogP contribution in [0, 0.1) is 5.92 Å². The van der Waals surface area contributed by atoms with E-state index in [2.05, 4.69) is 5.32 Å². The summed E-state index contributed by atoms with van der Waals surface area (Å²) >= 11 is 0. The maximum Gasteiger partial charge on any atom is 0.267 e. The molecule has 0 radical (unpaired) electrons. The molecule has 0 spiro atoms.